The Hall–Kier alpha value is -1.98. The summed E-state index contributed by atoms with van der Waals surface area (Å²) in [4.78, 5) is 11.1. The van der Waals surface area contributed by atoms with Gasteiger partial charge >= 0.3 is 0 Å². The lowest BCUT2D eigenvalue weighted by Gasteiger charge is -2.32. The number of anilines is 2. The fourth-order valence-electron chi connectivity index (χ4n) is 2.92. The molecule has 2 aromatic rings. The maximum absolute atomic E-state index is 6.25. The van der Waals surface area contributed by atoms with Crippen molar-refractivity contribution in [1.29, 1.82) is 0 Å². The predicted octanol–water partition coefficient (Wildman–Crippen LogP) is 3.72. The van der Waals surface area contributed by atoms with Gasteiger partial charge in [0.15, 0.2) is 5.82 Å². The van der Waals surface area contributed by atoms with Gasteiger partial charge in [0.05, 0.1) is 16.2 Å². The fourth-order valence-corrected chi connectivity index (χ4v) is 3.31. The summed E-state index contributed by atoms with van der Waals surface area (Å²) in [6.45, 7) is 5.55. The third-order valence-electron chi connectivity index (χ3n) is 4.34. The number of benzene rings is 1. The second-order valence-corrected chi connectivity index (χ2v) is 6.68. The Bertz CT molecular complexity index is 770. The largest absolute Gasteiger partial charge is 0.402 e. The molecule has 1 saturated heterocycles. The summed E-state index contributed by atoms with van der Waals surface area (Å²) < 4.78 is 0. The average Bonchev–Trinajstić information content (AvgIpc) is 2.58. The maximum Gasteiger partial charge on any atom is 0.152 e. The van der Waals surface area contributed by atoms with Crippen LogP contribution >= 0.6 is 23.2 Å². The van der Waals surface area contributed by atoms with E-state index in [4.69, 9.17) is 34.7 Å². The van der Waals surface area contributed by atoms with Gasteiger partial charge in [0.2, 0.25) is 0 Å². The summed E-state index contributed by atoms with van der Waals surface area (Å²) in [5.41, 5.74) is 13.9. The Morgan fingerprint density at radius 1 is 1.25 bits per heavy atom. The standard InChI is InChI=1S/C17H19Cl2N5/c1-10(20)11-5-7-24(8-6-11)14-9-22-16(17(21)23-14)12-3-2-4-13(18)15(12)19/h2-4,9,11H,1,5-8,20H2,(H2,21,23). The van der Waals surface area contributed by atoms with Crippen molar-refractivity contribution in [2.75, 3.05) is 23.7 Å². The molecule has 0 atom stereocenters. The zero-order chi connectivity index (χ0) is 17.3. The van der Waals surface area contributed by atoms with Crippen LogP contribution in [0.1, 0.15) is 12.8 Å². The molecule has 2 heterocycles. The maximum atomic E-state index is 6.25. The highest BCUT2D eigenvalue weighted by Crippen LogP contribution is 2.35. The molecular formula is C17H19Cl2N5. The number of piperidine rings is 1. The Labute approximate surface area is 151 Å². The second kappa shape index (κ2) is 6.87. The SMILES string of the molecule is C=C(N)C1CCN(c2cnc(-c3cccc(Cl)c3Cl)c(N)n2)CC1. The Morgan fingerprint density at radius 2 is 1.96 bits per heavy atom. The number of halogens is 2. The van der Waals surface area contributed by atoms with E-state index in [-0.39, 0.29) is 0 Å². The molecule has 1 aromatic heterocycles. The van der Waals surface area contributed by atoms with E-state index in [2.05, 4.69) is 21.4 Å². The van der Waals surface area contributed by atoms with Gasteiger partial charge in [-0.05, 0) is 18.9 Å². The average molecular weight is 364 g/mol. The molecule has 0 saturated carbocycles. The molecule has 0 aliphatic carbocycles. The lowest BCUT2D eigenvalue weighted by Crippen LogP contribution is -2.35. The summed E-state index contributed by atoms with van der Waals surface area (Å²) >= 11 is 12.3. The van der Waals surface area contributed by atoms with E-state index in [0.717, 1.165) is 37.4 Å². The summed E-state index contributed by atoms with van der Waals surface area (Å²) in [7, 11) is 0. The second-order valence-electron chi connectivity index (χ2n) is 5.90. The summed E-state index contributed by atoms with van der Waals surface area (Å²) in [5.74, 6) is 1.47. The van der Waals surface area contributed by atoms with Gasteiger partial charge < -0.3 is 16.4 Å². The Balaban J connectivity index is 1.83. The van der Waals surface area contributed by atoms with Crippen LogP contribution in [0.5, 0.6) is 0 Å². The molecule has 0 spiro atoms. The molecule has 0 unspecified atom stereocenters. The molecule has 126 valence electrons. The first-order valence-corrected chi connectivity index (χ1v) is 8.49. The molecule has 0 amide bonds. The van der Waals surface area contributed by atoms with Gasteiger partial charge in [0, 0.05) is 30.3 Å². The number of allylic oxidation sites excluding steroid dienone is 1. The van der Waals surface area contributed by atoms with Crippen molar-refractivity contribution < 1.29 is 0 Å². The van der Waals surface area contributed by atoms with Gasteiger partial charge in [-0.3, -0.25) is 0 Å². The minimum absolute atomic E-state index is 0.335. The highest BCUT2D eigenvalue weighted by molar-refractivity contribution is 6.43. The molecule has 1 aromatic carbocycles. The van der Waals surface area contributed by atoms with Crippen molar-refractivity contribution in [3.63, 3.8) is 0 Å². The molecule has 7 heteroatoms. The molecule has 24 heavy (non-hydrogen) atoms. The van der Waals surface area contributed by atoms with E-state index in [1.165, 1.54) is 0 Å². The van der Waals surface area contributed by atoms with Crippen molar-refractivity contribution in [2.45, 2.75) is 12.8 Å². The van der Waals surface area contributed by atoms with Gasteiger partial charge in [-0.25, -0.2) is 9.97 Å². The topological polar surface area (TPSA) is 81.1 Å². The smallest absolute Gasteiger partial charge is 0.152 e. The van der Waals surface area contributed by atoms with Crippen molar-refractivity contribution in [3.05, 3.63) is 46.7 Å². The first kappa shape index (κ1) is 16.9. The van der Waals surface area contributed by atoms with Crippen LogP contribution in [-0.4, -0.2) is 23.1 Å². The van der Waals surface area contributed by atoms with Crippen LogP contribution in [0.2, 0.25) is 10.0 Å². The van der Waals surface area contributed by atoms with Crippen LogP contribution in [0, 0.1) is 5.92 Å². The van der Waals surface area contributed by atoms with E-state index in [9.17, 15) is 0 Å². The van der Waals surface area contributed by atoms with Gasteiger partial charge in [0.1, 0.15) is 11.5 Å². The lowest BCUT2D eigenvalue weighted by atomic mass is 9.94. The number of rotatable bonds is 3. The number of hydrogen-bond acceptors (Lipinski definition) is 5. The quantitative estimate of drug-likeness (QED) is 0.868. The van der Waals surface area contributed by atoms with Crippen molar-refractivity contribution in [1.82, 2.24) is 9.97 Å². The molecule has 1 aliphatic heterocycles. The van der Waals surface area contributed by atoms with Crippen LogP contribution < -0.4 is 16.4 Å². The predicted molar refractivity (Wildman–Crippen MR) is 100 cm³/mol. The van der Waals surface area contributed by atoms with Gasteiger partial charge in [0.25, 0.3) is 0 Å². The Morgan fingerprint density at radius 3 is 2.58 bits per heavy atom. The molecule has 3 rings (SSSR count). The highest BCUT2D eigenvalue weighted by atomic mass is 35.5. The van der Waals surface area contributed by atoms with E-state index in [1.807, 2.05) is 12.1 Å². The molecule has 1 aliphatic rings. The van der Waals surface area contributed by atoms with Crippen molar-refractivity contribution in [2.24, 2.45) is 11.7 Å². The fraction of sp³-hybridized carbons (Fsp3) is 0.294. The summed E-state index contributed by atoms with van der Waals surface area (Å²) in [6.07, 6.45) is 3.64. The van der Waals surface area contributed by atoms with Crippen LogP contribution in [0.15, 0.2) is 36.7 Å². The number of aromatic nitrogens is 2. The molecule has 5 nitrogen and oxygen atoms in total. The Kier molecular flexibility index (Phi) is 4.83. The van der Waals surface area contributed by atoms with Crippen molar-refractivity contribution in [3.8, 4) is 11.3 Å². The van der Waals surface area contributed by atoms with Crippen LogP contribution in [0.4, 0.5) is 11.6 Å². The number of nitrogens with zero attached hydrogens (tertiary/aromatic N) is 3. The minimum Gasteiger partial charge on any atom is -0.402 e. The third kappa shape index (κ3) is 3.28. The lowest BCUT2D eigenvalue weighted by molar-refractivity contribution is 0.454. The van der Waals surface area contributed by atoms with Crippen LogP contribution in [0.3, 0.4) is 0 Å². The summed E-state index contributed by atoms with van der Waals surface area (Å²) in [5, 5.41) is 0.888. The van der Waals surface area contributed by atoms with Crippen molar-refractivity contribution >= 4 is 34.8 Å². The van der Waals surface area contributed by atoms with E-state index >= 15 is 0 Å². The highest BCUT2D eigenvalue weighted by Gasteiger charge is 2.22. The molecule has 1 fully saturated rings. The first-order valence-electron chi connectivity index (χ1n) is 7.73. The van der Waals surface area contributed by atoms with Gasteiger partial charge in [-0.2, -0.15) is 0 Å². The zero-order valence-electron chi connectivity index (χ0n) is 13.2. The van der Waals surface area contributed by atoms with Crippen LogP contribution in [0.25, 0.3) is 11.3 Å². The zero-order valence-corrected chi connectivity index (χ0v) is 14.7. The summed E-state index contributed by atoms with van der Waals surface area (Å²) in [6, 6.07) is 5.36. The van der Waals surface area contributed by atoms with Gasteiger partial charge in [-0.1, -0.05) is 41.9 Å². The van der Waals surface area contributed by atoms with Crippen LogP contribution in [-0.2, 0) is 0 Å². The molecule has 4 N–H and O–H groups in total. The molecule has 0 bridgehead atoms. The minimum atomic E-state index is 0.335. The third-order valence-corrected chi connectivity index (χ3v) is 5.16. The van der Waals surface area contributed by atoms with E-state index in [1.54, 1.807) is 12.3 Å². The monoisotopic (exact) mass is 363 g/mol. The first-order chi connectivity index (χ1) is 11.5. The van der Waals surface area contributed by atoms with Gasteiger partial charge in [-0.15, -0.1) is 0 Å². The number of nitrogens with two attached hydrogens (primary N) is 2. The van der Waals surface area contributed by atoms with E-state index < -0.39 is 0 Å². The number of nitrogen functional groups attached to an aromatic ring is 1. The van der Waals surface area contributed by atoms with E-state index in [0.29, 0.717) is 33.0 Å². The molecular weight excluding hydrogens is 345 g/mol. The molecule has 0 radical (unpaired) electrons. The normalized spacial score (nSPS) is 15.5. The number of hydrogen-bond donors (Lipinski definition) is 2.